The van der Waals surface area contributed by atoms with E-state index in [0.717, 1.165) is 17.3 Å². The van der Waals surface area contributed by atoms with Gasteiger partial charge in [-0.25, -0.2) is 4.79 Å². The molecule has 31 heavy (non-hydrogen) atoms. The number of methoxy groups -OCH3 is 1. The Kier molecular flexibility index (Phi) is 9.06. The number of likely N-dealkylation sites (tertiary alicyclic amines) is 1. The van der Waals surface area contributed by atoms with Crippen molar-refractivity contribution in [3.8, 4) is 0 Å². The van der Waals surface area contributed by atoms with Crippen molar-refractivity contribution in [2.24, 2.45) is 5.92 Å². The van der Waals surface area contributed by atoms with Crippen molar-refractivity contribution in [2.45, 2.75) is 57.1 Å². The van der Waals surface area contributed by atoms with E-state index in [2.05, 4.69) is 5.32 Å². The largest absolute Gasteiger partial charge is 0.467 e. The predicted molar refractivity (Wildman–Crippen MR) is 117 cm³/mol. The van der Waals surface area contributed by atoms with Gasteiger partial charge in [0.1, 0.15) is 12.1 Å². The number of nitrogens with zero attached hydrogens (tertiary/aromatic N) is 1. The minimum absolute atomic E-state index is 0.00662. The minimum atomic E-state index is -0.907. The molecule has 2 rings (SSSR count). The van der Waals surface area contributed by atoms with E-state index >= 15 is 0 Å². The van der Waals surface area contributed by atoms with Crippen molar-refractivity contribution in [3.63, 3.8) is 0 Å². The zero-order chi connectivity index (χ0) is 23.1. The number of nitrogens with one attached hydrogen (secondary N) is 1. The molecule has 1 heterocycles. The summed E-state index contributed by atoms with van der Waals surface area (Å²) in [4.78, 5) is 51.3. The van der Waals surface area contributed by atoms with Gasteiger partial charge in [-0.3, -0.25) is 14.4 Å². The first-order chi connectivity index (χ1) is 14.6. The summed E-state index contributed by atoms with van der Waals surface area (Å²) in [5, 5.41) is 11.9. The van der Waals surface area contributed by atoms with Crippen LogP contribution in [0.25, 0.3) is 0 Å². The number of rotatable bonds is 8. The summed E-state index contributed by atoms with van der Waals surface area (Å²) in [5.74, 6) is -1.76. The highest BCUT2D eigenvalue weighted by atomic mass is 32.2. The topological polar surface area (TPSA) is 113 Å². The molecule has 4 atom stereocenters. The van der Waals surface area contributed by atoms with Gasteiger partial charge in [0.25, 0.3) is 0 Å². The third kappa shape index (κ3) is 6.80. The van der Waals surface area contributed by atoms with Crippen molar-refractivity contribution in [3.05, 3.63) is 35.9 Å². The molecule has 1 fully saturated rings. The first-order valence-corrected chi connectivity index (χ1v) is 11.1. The highest BCUT2D eigenvalue weighted by molar-refractivity contribution is 8.14. The van der Waals surface area contributed by atoms with Gasteiger partial charge in [-0.2, -0.15) is 0 Å². The third-order valence-corrected chi connectivity index (χ3v) is 6.13. The number of aliphatic hydroxyl groups excluding tert-OH is 1. The van der Waals surface area contributed by atoms with Crippen molar-refractivity contribution in [1.29, 1.82) is 0 Å². The molecule has 0 radical (unpaired) electrons. The Morgan fingerprint density at radius 3 is 2.42 bits per heavy atom. The van der Waals surface area contributed by atoms with Crippen LogP contribution < -0.4 is 5.32 Å². The summed E-state index contributed by atoms with van der Waals surface area (Å²) >= 11 is 0.920. The molecule has 1 saturated heterocycles. The first kappa shape index (κ1) is 24.9. The highest BCUT2D eigenvalue weighted by Gasteiger charge is 2.43. The van der Waals surface area contributed by atoms with Gasteiger partial charge in [-0.15, -0.1) is 0 Å². The Balaban J connectivity index is 2.19. The van der Waals surface area contributed by atoms with E-state index in [4.69, 9.17) is 4.74 Å². The molecule has 9 heteroatoms. The number of β-amino-alcohol motifs (C(OH)–C–C–N with tert-alkyl or cyclic N) is 1. The number of esters is 1. The smallest absolute Gasteiger partial charge is 0.328 e. The van der Waals surface area contributed by atoms with Gasteiger partial charge in [-0.05, 0) is 17.9 Å². The first-order valence-electron chi connectivity index (χ1n) is 10.2. The van der Waals surface area contributed by atoms with Crippen LogP contribution >= 0.6 is 11.8 Å². The molecule has 0 aromatic heterocycles. The molecule has 1 unspecified atom stereocenters. The molecule has 1 aromatic rings. The lowest BCUT2D eigenvalue weighted by Crippen LogP contribution is -2.55. The normalized spacial score (nSPS) is 20.3. The van der Waals surface area contributed by atoms with Crippen LogP contribution in [0.5, 0.6) is 0 Å². The van der Waals surface area contributed by atoms with Crippen LogP contribution in [0, 0.1) is 5.92 Å². The Labute approximate surface area is 186 Å². The highest BCUT2D eigenvalue weighted by Crippen LogP contribution is 2.23. The van der Waals surface area contributed by atoms with Crippen LogP contribution in [-0.2, 0) is 30.3 Å². The van der Waals surface area contributed by atoms with E-state index in [9.17, 15) is 24.3 Å². The standard InChI is InChI=1S/C22H30N2O6S/c1-13(2)19(21(28)24-12-16(26)11-17(24)22(29)30-4)23-20(27)18(31-14(3)25)10-15-8-6-5-7-9-15/h5-9,13,16-19,26H,10-12H2,1-4H3,(H,23,27)/t16?,17-,18-,19-/m0/s1. The van der Waals surface area contributed by atoms with Crippen LogP contribution in [0.2, 0.25) is 0 Å². The second-order valence-electron chi connectivity index (χ2n) is 7.94. The number of amides is 2. The van der Waals surface area contributed by atoms with E-state index in [1.165, 1.54) is 18.9 Å². The van der Waals surface area contributed by atoms with Crippen LogP contribution in [0.3, 0.4) is 0 Å². The van der Waals surface area contributed by atoms with Gasteiger partial charge in [0.15, 0.2) is 5.12 Å². The average molecular weight is 451 g/mol. The zero-order valence-electron chi connectivity index (χ0n) is 18.2. The van der Waals surface area contributed by atoms with E-state index in [1.807, 2.05) is 30.3 Å². The number of benzene rings is 1. The van der Waals surface area contributed by atoms with Gasteiger partial charge in [0.2, 0.25) is 11.8 Å². The Bertz CT molecular complexity index is 800. The number of ether oxygens (including phenoxy) is 1. The number of hydrogen-bond acceptors (Lipinski definition) is 7. The molecular weight excluding hydrogens is 420 g/mol. The number of carbonyl (C=O) groups is 4. The summed E-state index contributed by atoms with van der Waals surface area (Å²) in [6.07, 6.45) is -0.410. The molecule has 170 valence electrons. The van der Waals surface area contributed by atoms with Crippen molar-refractivity contribution in [1.82, 2.24) is 10.2 Å². The van der Waals surface area contributed by atoms with Gasteiger partial charge >= 0.3 is 5.97 Å². The summed E-state index contributed by atoms with van der Waals surface area (Å²) in [6.45, 7) is 4.96. The van der Waals surface area contributed by atoms with Crippen molar-refractivity contribution >= 4 is 34.7 Å². The molecule has 0 bridgehead atoms. The lowest BCUT2D eigenvalue weighted by Gasteiger charge is -2.30. The third-order valence-electron chi connectivity index (χ3n) is 5.13. The lowest BCUT2D eigenvalue weighted by atomic mass is 10.0. The molecule has 0 spiro atoms. The summed E-state index contributed by atoms with van der Waals surface area (Å²) in [7, 11) is 1.23. The Morgan fingerprint density at radius 1 is 1.23 bits per heavy atom. The molecule has 2 N–H and O–H groups in total. The molecule has 8 nitrogen and oxygen atoms in total. The number of hydrogen-bond donors (Lipinski definition) is 2. The second kappa shape index (κ2) is 11.3. The molecule has 2 amide bonds. The fraction of sp³-hybridized carbons (Fsp3) is 0.545. The maximum atomic E-state index is 13.2. The monoisotopic (exact) mass is 450 g/mol. The molecular formula is C22H30N2O6S. The Hall–Kier alpha value is -2.39. The molecule has 0 saturated carbocycles. The van der Waals surface area contributed by atoms with Gasteiger partial charge in [0.05, 0.1) is 18.5 Å². The van der Waals surface area contributed by atoms with E-state index in [-0.39, 0.29) is 24.0 Å². The number of aliphatic hydroxyl groups is 1. The zero-order valence-corrected chi connectivity index (χ0v) is 19.1. The van der Waals surface area contributed by atoms with Gasteiger partial charge in [0, 0.05) is 19.9 Å². The molecule has 1 aromatic carbocycles. The van der Waals surface area contributed by atoms with Crippen molar-refractivity contribution in [2.75, 3.05) is 13.7 Å². The van der Waals surface area contributed by atoms with Crippen LogP contribution in [0.4, 0.5) is 0 Å². The van der Waals surface area contributed by atoms with Gasteiger partial charge < -0.3 is 20.1 Å². The fourth-order valence-electron chi connectivity index (χ4n) is 3.57. The SMILES string of the molecule is COC(=O)[C@@H]1CC(O)CN1C(=O)[C@@H](NC(=O)[C@H](Cc1ccccc1)SC(C)=O)C(C)C. The quantitative estimate of drug-likeness (QED) is 0.571. The minimum Gasteiger partial charge on any atom is -0.467 e. The molecule has 1 aliphatic heterocycles. The fourth-order valence-corrected chi connectivity index (χ4v) is 4.42. The van der Waals surface area contributed by atoms with E-state index in [0.29, 0.717) is 6.42 Å². The summed E-state index contributed by atoms with van der Waals surface area (Å²) in [5.41, 5.74) is 0.900. The molecule has 1 aliphatic rings. The maximum absolute atomic E-state index is 13.2. The van der Waals surface area contributed by atoms with E-state index in [1.54, 1.807) is 13.8 Å². The van der Waals surface area contributed by atoms with E-state index < -0.39 is 41.2 Å². The number of carbonyl (C=O) groups excluding carboxylic acids is 4. The van der Waals surface area contributed by atoms with Gasteiger partial charge in [-0.1, -0.05) is 55.9 Å². The van der Waals surface area contributed by atoms with Crippen molar-refractivity contribution < 1.29 is 29.0 Å². The lowest BCUT2D eigenvalue weighted by molar-refractivity contribution is -0.152. The second-order valence-corrected chi connectivity index (χ2v) is 9.32. The maximum Gasteiger partial charge on any atom is 0.328 e. The number of thioether (sulfide) groups is 1. The molecule has 0 aliphatic carbocycles. The Morgan fingerprint density at radius 2 is 1.87 bits per heavy atom. The predicted octanol–water partition coefficient (Wildman–Crippen LogP) is 1.15. The van der Waals surface area contributed by atoms with Crippen LogP contribution in [0.1, 0.15) is 32.8 Å². The summed E-state index contributed by atoms with van der Waals surface area (Å²) in [6, 6.07) is 7.53. The van der Waals surface area contributed by atoms with Crippen LogP contribution in [0.15, 0.2) is 30.3 Å². The average Bonchev–Trinajstić information content (AvgIpc) is 3.12. The van der Waals surface area contributed by atoms with Crippen LogP contribution in [-0.4, -0.2) is 70.0 Å². The summed E-state index contributed by atoms with van der Waals surface area (Å²) < 4.78 is 4.76.